The van der Waals surface area contributed by atoms with Crippen LogP contribution in [-0.2, 0) is 11.2 Å². The summed E-state index contributed by atoms with van der Waals surface area (Å²) >= 11 is 0. The molecule has 0 aliphatic carbocycles. The Morgan fingerprint density at radius 3 is 2.43 bits per heavy atom. The van der Waals surface area contributed by atoms with E-state index >= 15 is 0 Å². The zero-order chi connectivity index (χ0) is 16.5. The summed E-state index contributed by atoms with van der Waals surface area (Å²) in [6.45, 7) is 2.01. The van der Waals surface area contributed by atoms with Crippen molar-refractivity contribution in [3.05, 3.63) is 71.5 Å². The largest absolute Gasteiger partial charge is 0.500 e. The van der Waals surface area contributed by atoms with E-state index in [1.54, 1.807) is 7.11 Å². The summed E-state index contributed by atoms with van der Waals surface area (Å²) in [7, 11) is 1.64. The molecule has 2 heteroatoms. The fourth-order valence-corrected chi connectivity index (χ4v) is 2.74. The Morgan fingerprint density at radius 2 is 1.78 bits per heavy atom. The van der Waals surface area contributed by atoms with Gasteiger partial charge in [-0.3, -0.25) is 0 Å². The molecule has 0 unspecified atom stereocenters. The fraction of sp³-hybridized carbons (Fsp3) is 0.286. The number of aryl methyl sites for hydroxylation is 1. The van der Waals surface area contributed by atoms with Crippen LogP contribution in [0.4, 0.5) is 0 Å². The van der Waals surface area contributed by atoms with E-state index in [4.69, 9.17) is 4.74 Å². The van der Waals surface area contributed by atoms with E-state index < -0.39 is 0 Å². The first-order valence-corrected chi connectivity index (χ1v) is 8.09. The van der Waals surface area contributed by atoms with Gasteiger partial charge in [-0.25, -0.2) is 0 Å². The van der Waals surface area contributed by atoms with E-state index in [2.05, 4.69) is 54.6 Å². The predicted molar refractivity (Wildman–Crippen MR) is 94.8 cm³/mol. The van der Waals surface area contributed by atoms with Crippen LogP contribution in [0.3, 0.4) is 0 Å². The summed E-state index contributed by atoms with van der Waals surface area (Å²) < 4.78 is 5.29. The summed E-state index contributed by atoms with van der Waals surface area (Å²) in [5, 5.41) is 9.26. The van der Waals surface area contributed by atoms with Crippen LogP contribution in [-0.4, -0.2) is 7.11 Å². The topological polar surface area (TPSA) is 33.0 Å². The summed E-state index contributed by atoms with van der Waals surface area (Å²) in [4.78, 5) is 0. The maximum Gasteiger partial charge on any atom is 0.109 e. The first-order valence-electron chi connectivity index (χ1n) is 8.09. The number of nitrogens with zero attached hydrogens (tertiary/aromatic N) is 1. The van der Waals surface area contributed by atoms with Crippen LogP contribution in [0.1, 0.15) is 31.7 Å². The Balaban J connectivity index is 2.02. The van der Waals surface area contributed by atoms with Crippen molar-refractivity contribution in [2.45, 2.75) is 32.6 Å². The maximum atomic E-state index is 9.26. The second-order valence-electron chi connectivity index (χ2n) is 5.49. The molecular weight excluding hydrogens is 282 g/mol. The molecule has 0 N–H and O–H groups in total. The molecule has 0 saturated carbocycles. The number of hydrogen-bond acceptors (Lipinski definition) is 2. The zero-order valence-corrected chi connectivity index (χ0v) is 13.9. The van der Waals surface area contributed by atoms with Crippen LogP contribution >= 0.6 is 0 Å². The Labute approximate surface area is 139 Å². The molecule has 2 aromatic rings. The number of benzene rings is 2. The van der Waals surface area contributed by atoms with E-state index in [0.29, 0.717) is 0 Å². The van der Waals surface area contributed by atoms with Crippen LogP contribution < -0.4 is 0 Å². The van der Waals surface area contributed by atoms with Gasteiger partial charge in [-0.15, -0.1) is 0 Å². The van der Waals surface area contributed by atoms with Gasteiger partial charge in [-0.1, -0.05) is 61.5 Å². The lowest BCUT2D eigenvalue weighted by Crippen LogP contribution is -1.94. The van der Waals surface area contributed by atoms with Crippen molar-refractivity contribution in [3.63, 3.8) is 0 Å². The van der Waals surface area contributed by atoms with Gasteiger partial charge in [-0.2, -0.15) is 5.26 Å². The van der Waals surface area contributed by atoms with Crippen LogP contribution in [0.15, 0.2) is 65.9 Å². The maximum absolute atomic E-state index is 9.26. The molecule has 2 nitrogen and oxygen atoms in total. The van der Waals surface area contributed by atoms with E-state index in [9.17, 15) is 5.26 Å². The second-order valence-corrected chi connectivity index (χ2v) is 5.49. The summed E-state index contributed by atoms with van der Waals surface area (Å²) in [6.07, 6.45) is 3.45. The normalized spacial score (nSPS) is 11.5. The lowest BCUT2D eigenvalue weighted by atomic mass is 9.99. The fourth-order valence-electron chi connectivity index (χ4n) is 2.74. The van der Waals surface area contributed by atoms with Gasteiger partial charge in [0, 0.05) is 6.42 Å². The molecular formula is C21H23NO. The van der Waals surface area contributed by atoms with Crippen molar-refractivity contribution in [2.75, 3.05) is 7.11 Å². The van der Waals surface area contributed by atoms with Gasteiger partial charge in [0.25, 0.3) is 0 Å². The number of allylic oxidation sites excluding steroid dienone is 2. The molecule has 0 heterocycles. The monoisotopic (exact) mass is 305 g/mol. The Hall–Kier alpha value is -2.53. The lowest BCUT2D eigenvalue weighted by Gasteiger charge is -2.08. The van der Waals surface area contributed by atoms with Crippen LogP contribution in [0, 0.1) is 11.3 Å². The summed E-state index contributed by atoms with van der Waals surface area (Å²) in [6, 6.07) is 21.3. The van der Waals surface area contributed by atoms with Crippen molar-refractivity contribution in [1.29, 1.82) is 5.26 Å². The highest BCUT2D eigenvalue weighted by molar-refractivity contribution is 5.63. The molecule has 0 aliphatic heterocycles. The Bertz CT molecular complexity index is 689. The van der Waals surface area contributed by atoms with Gasteiger partial charge in [0.2, 0.25) is 0 Å². The SMILES string of the molecule is CCC(OC)=C(C#N)CCCc1cccc(-c2ccccc2)c1. The smallest absolute Gasteiger partial charge is 0.109 e. The molecule has 0 atom stereocenters. The van der Waals surface area contributed by atoms with Gasteiger partial charge >= 0.3 is 0 Å². The van der Waals surface area contributed by atoms with Crippen LogP contribution in [0.2, 0.25) is 0 Å². The van der Waals surface area contributed by atoms with E-state index in [-0.39, 0.29) is 0 Å². The number of ether oxygens (including phenoxy) is 1. The molecule has 0 amide bonds. The highest BCUT2D eigenvalue weighted by Crippen LogP contribution is 2.22. The second kappa shape index (κ2) is 8.80. The summed E-state index contributed by atoms with van der Waals surface area (Å²) in [5.41, 5.74) is 4.55. The molecule has 0 saturated heterocycles. The van der Waals surface area contributed by atoms with Gasteiger partial charge in [0.15, 0.2) is 0 Å². The molecule has 0 aromatic heterocycles. The minimum Gasteiger partial charge on any atom is -0.500 e. The molecule has 0 bridgehead atoms. The van der Waals surface area contributed by atoms with E-state index in [0.717, 1.165) is 37.0 Å². The van der Waals surface area contributed by atoms with Gasteiger partial charge in [-0.05, 0) is 36.0 Å². The molecule has 0 fully saturated rings. The van der Waals surface area contributed by atoms with Crippen LogP contribution in [0.25, 0.3) is 11.1 Å². The van der Waals surface area contributed by atoms with E-state index in [1.165, 1.54) is 16.7 Å². The van der Waals surface area contributed by atoms with Crippen LogP contribution in [0.5, 0.6) is 0 Å². The molecule has 2 rings (SSSR count). The predicted octanol–water partition coefficient (Wildman–Crippen LogP) is 5.51. The van der Waals surface area contributed by atoms with Crippen molar-refractivity contribution >= 4 is 0 Å². The van der Waals surface area contributed by atoms with Gasteiger partial charge < -0.3 is 4.74 Å². The summed E-state index contributed by atoms with van der Waals surface area (Å²) in [5.74, 6) is 0.811. The first kappa shape index (κ1) is 16.8. The lowest BCUT2D eigenvalue weighted by molar-refractivity contribution is 0.276. The average molecular weight is 305 g/mol. The quantitative estimate of drug-likeness (QED) is 0.499. The van der Waals surface area contributed by atoms with Gasteiger partial charge in [0.05, 0.1) is 18.8 Å². The van der Waals surface area contributed by atoms with Gasteiger partial charge in [0.1, 0.15) is 5.76 Å². The molecule has 0 spiro atoms. The third kappa shape index (κ3) is 4.72. The highest BCUT2D eigenvalue weighted by atomic mass is 16.5. The number of rotatable bonds is 7. The average Bonchev–Trinajstić information content (AvgIpc) is 2.62. The number of nitriles is 1. The molecule has 118 valence electrons. The minimum absolute atomic E-state index is 0.767. The van der Waals surface area contributed by atoms with Crippen molar-refractivity contribution < 1.29 is 4.74 Å². The molecule has 0 aliphatic rings. The third-order valence-electron chi connectivity index (χ3n) is 3.97. The Kier molecular flexibility index (Phi) is 6.44. The molecule has 2 aromatic carbocycles. The minimum atomic E-state index is 0.767. The first-order chi connectivity index (χ1) is 11.3. The van der Waals surface area contributed by atoms with Crippen molar-refractivity contribution in [3.8, 4) is 17.2 Å². The van der Waals surface area contributed by atoms with Crippen molar-refractivity contribution in [1.82, 2.24) is 0 Å². The standard InChI is InChI=1S/C21H23NO/c1-3-21(23-2)20(16-22)14-8-10-17-9-7-13-19(15-17)18-11-5-4-6-12-18/h4-7,9,11-13,15H,3,8,10,14H2,1-2H3. The zero-order valence-electron chi connectivity index (χ0n) is 13.9. The third-order valence-corrected chi connectivity index (χ3v) is 3.97. The number of methoxy groups -OCH3 is 1. The molecule has 0 radical (unpaired) electrons. The van der Waals surface area contributed by atoms with E-state index in [1.807, 2.05) is 13.0 Å². The number of hydrogen-bond donors (Lipinski definition) is 0. The highest BCUT2D eigenvalue weighted by Gasteiger charge is 2.06. The van der Waals surface area contributed by atoms with Crippen molar-refractivity contribution in [2.24, 2.45) is 0 Å². The molecule has 23 heavy (non-hydrogen) atoms. The Morgan fingerprint density at radius 1 is 1.04 bits per heavy atom.